The molecule has 1 unspecified atom stereocenters. The molecule has 1 amide bonds. The molecule has 2 rings (SSSR count). The molecule has 0 aliphatic carbocycles. The van der Waals surface area contributed by atoms with Crippen molar-refractivity contribution in [2.75, 3.05) is 0 Å². The predicted molar refractivity (Wildman–Crippen MR) is 97.2 cm³/mol. The highest BCUT2D eigenvalue weighted by Gasteiger charge is 2.09. The summed E-state index contributed by atoms with van der Waals surface area (Å²) in [6.07, 6.45) is 2.94. The van der Waals surface area contributed by atoms with Crippen LogP contribution in [0.25, 0.3) is 0 Å². The van der Waals surface area contributed by atoms with Crippen molar-refractivity contribution in [3.8, 4) is 0 Å². The Morgan fingerprint density at radius 1 is 1.09 bits per heavy atom. The second-order valence-corrected chi connectivity index (χ2v) is 6.57. The van der Waals surface area contributed by atoms with Crippen molar-refractivity contribution in [3.05, 3.63) is 69.7 Å². The minimum Gasteiger partial charge on any atom is -0.354 e. The molecular formula is C19H21Cl2NO. The van der Waals surface area contributed by atoms with E-state index in [2.05, 4.69) is 17.4 Å². The minimum absolute atomic E-state index is 0.0524. The van der Waals surface area contributed by atoms with E-state index in [0.29, 0.717) is 22.9 Å². The third-order valence-electron chi connectivity index (χ3n) is 3.75. The SMILES string of the molecule is CC(CCc1ccccc1)NC(=O)CCc1ccc(Cl)cc1Cl. The summed E-state index contributed by atoms with van der Waals surface area (Å²) >= 11 is 12.0. The van der Waals surface area contributed by atoms with Gasteiger partial charge in [0.15, 0.2) is 0 Å². The molecule has 1 N–H and O–H groups in total. The third-order valence-corrected chi connectivity index (χ3v) is 4.34. The normalized spacial score (nSPS) is 12.0. The second kappa shape index (κ2) is 8.95. The number of carbonyl (C=O) groups is 1. The molecule has 2 aromatic carbocycles. The third kappa shape index (κ3) is 6.25. The molecule has 2 aromatic rings. The Kier molecular flexibility index (Phi) is 6.94. The maximum Gasteiger partial charge on any atom is 0.220 e. The van der Waals surface area contributed by atoms with E-state index in [-0.39, 0.29) is 11.9 Å². The van der Waals surface area contributed by atoms with E-state index < -0.39 is 0 Å². The van der Waals surface area contributed by atoms with E-state index in [0.717, 1.165) is 18.4 Å². The van der Waals surface area contributed by atoms with Crippen molar-refractivity contribution >= 4 is 29.1 Å². The summed E-state index contributed by atoms with van der Waals surface area (Å²) in [6, 6.07) is 15.8. The van der Waals surface area contributed by atoms with Gasteiger partial charge in [-0.2, -0.15) is 0 Å². The van der Waals surface area contributed by atoms with Crippen LogP contribution < -0.4 is 5.32 Å². The first-order valence-electron chi connectivity index (χ1n) is 7.82. The molecule has 0 aliphatic heterocycles. The van der Waals surface area contributed by atoms with Crippen LogP contribution in [0.5, 0.6) is 0 Å². The number of benzene rings is 2. The van der Waals surface area contributed by atoms with Gasteiger partial charge < -0.3 is 5.32 Å². The van der Waals surface area contributed by atoms with Crippen LogP contribution in [0.15, 0.2) is 48.5 Å². The molecule has 0 heterocycles. The second-order valence-electron chi connectivity index (χ2n) is 5.73. The highest BCUT2D eigenvalue weighted by atomic mass is 35.5. The molecule has 23 heavy (non-hydrogen) atoms. The Labute approximate surface area is 147 Å². The summed E-state index contributed by atoms with van der Waals surface area (Å²) in [5, 5.41) is 4.27. The van der Waals surface area contributed by atoms with Crippen molar-refractivity contribution in [2.24, 2.45) is 0 Å². The van der Waals surface area contributed by atoms with Crippen LogP contribution in [0, 0.1) is 0 Å². The van der Waals surface area contributed by atoms with Gasteiger partial charge in [0.2, 0.25) is 5.91 Å². The van der Waals surface area contributed by atoms with Gasteiger partial charge in [-0.25, -0.2) is 0 Å². The average molecular weight is 350 g/mol. The summed E-state index contributed by atoms with van der Waals surface area (Å²) in [4.78, 5) is 12.0. The Morgan fingerprint density at radius 2 is 1.83 bits per heavy atom. The van der Waals surface area contributed by atoms with E-state index in [1.54, 1.807) is 12.1 Å². The summed E-state index contributed by atoms with van der Waals surface area (Å²) in [5.41, 5.74) is 2.24. The van der Waals surface area contributed by atoms with Crippen LogP contribution in [-0.4, -0.2) is 11.9 Å². The number of hydrogen-bond acceptors (Lipinski definition) is 1. The van der Waals surface area contributed by atoms with E-state index in [9.17, 15) is 4.79 Å². The number of carbonyl (C=O) groups excluding carboxylic acids is 1. The van der Waals surface area contributed by atoms with Crippen molar-refractivity contribution < 1.29 is 4.79 Å². The highest BCUT2D eigenvalue weighted by molar-refractivity contribution is 6.35. The zero-order valence-corrected chi connectivity index (χ0v) is 14.7. The molecule has 0 saturated carbocycles. The van der Waals surface area contributed by atoms with Gasteiger partial charge in [0.25, 0.3) is 0 Å². The lowest BCUT2D eigenvalue weighted by atomic mass is 10.1. The van der Waals surface area contributed by atoms with Crippen LogP contribution in [0.4, 0.5) is 0 Å². The molecule has 4 heteroatoms. The van der Waals surface area contributed by atoms with Gasteiger partial charge in [0.1, 0.15) is 0 Å². The van der Waals surface area contributed by atoms with Crippen LogP contribution in [0.1, 0.15) is 30.9 Å². The van der Waals surface area contributed by atoms with E-state index in [4.69, 9.17) is 23.2 Å². The van der Waals surface area contributed by atoms with E-state index in [1.165, 1.54) is 5.56 Å². The predicted octanol–water partition coefficient (Wildman–Crippen LogP) is 5.06. The van der Waals surface area contributed by atoms with Gasteiger partial charge in [-0.1, -0.05) is 59.6 Å². The molecule has 1 atom stereocenters. The molecular weight excluding hydrogens is 329 g/mol. The first-order chi connectivity index (χ1) is 11.0. The summed E-state index contributed by atoms with van der Waals surface area (Å²) < 4.78 is 0. The van der Waals surface area contributed by atoms with Gasteiger partial charge in [-0.15, -0.1) is 0 Å². The summed E-state index contributed by atoms with van der Waals surface area (Å²) in [6.45, 7) is 2.04. The van der Waals surface area contributed by atoms with E-state index in [1.807, 2.05) is 31.2 Å². The van der Waals surface area contributed by atoms with Crippen LogP contribution >= 0.6 is 23.2 Å². The largest absolute Gasteiger partial charge is 0.354 e. The van der Waals surface area contributed by atoms with Gasteiger partial charge >= 0.3 is 0 Å². The lowest BCUT2D eigenvalue weighted by Gasteiger charge is -2.14. The van der Waals surface area contributed by atoms with Crippen LogP contribution in [-0.2, 0) is 17.6 Å². The van der Waals surface area contributed by atoms with Crippen molar-refractivity contribution in [2.45, 2.75) is 38.6 Å². The maximum absolute atomic E-state index is 12.0. The Balaban J connectivity index is 1.73. The van der Waals surface area contributed by atoms with Gasteiger partial charge in [0, 0.05) is 22.5 Å². The highest BCUT2D eigenvalue weighted by Crippen LogP contribution is 2.22. The molecule has 0 aromatic heterocycles. The first-order valence-corrected chi connectivity index (χ1v) is 8.57. The van der Waals surface area contributed by atoms with Gasteiger partial charge in [-0.05, 0) is 49.4 Å². The number of halogens is 2. The number of amides is 1. The molecule has 0 bridgehead atoms. The van der Waals surface area contributed by atoms with Crippen LogP contribution in [0.2, 0.25) is 10.0 Å². The van der Waals surface area contributed by atoms with Crippen molar-refractivity contribution in [3.63, 3.8) is 0 Å². The molecule has 0 aliphatic rings. The fraction of sp³-hybridized carbons (Fsp3) is 0.316. The Morgan fingerprint density at radius 3 is 2.52 bits per heavy atom. The minimum atomic E-state index is 0.0524. The molecule has 2 nitrogen and oxygen atoms in total. The van der Waals surface area contributed by atoms with Gasteiger partial charge in [-0.3, -0.25) is 4.79 Å². The Bertz CT molecular complexity index is 643. The van der Waals surface area contributed by atoms with Crippen LogP contribution in [0.3, 0.4) is 0 Å². The zero-order chi connectivity index (χ0) is 16.7. The van der Waals surface area contributed by atoms with Gasteiger partial charge in [0.05, 0.1) is 0 Å². The number of aryl methyl sites for hydroxylation is 2. The number of nitrogens with one attached hydrogen (secondary N) is 1. The first kappa shape index (κ1) is 17.8. The quantitative estimate of drug-likeness (QED) is 0.743. The van der Waals surface area contributed by atoms with Crippen molar-refractivity contribution in [1.82, 2.24) is 5.32 Å². The summed E-state index contributed by atoms with van der Waals surface area (Å²) in [5.74, 6) is 0.0524. The summed E-state index contributed by atoms with van der Waals surface area (Å²) in [7, 11) is 0. The average Bonchev–Trinajstić information content (AvgIpc) is 2.53. The van der Waals surface area contributed by atoms with E-state index >= 15 is 0 Å². The smallest absolute Gasteiger partial charge is 0.220 e. The molecule has 0 spiro atoms. The lowest BCUT2D eigenvalue weighted by Crippen LogP contribution is -2.33. The monoisotopic (exact) mass is 349 g/mol. The standard InChI is InChI=1S/C19H21Cl2NO/c1-14(7-8-15-5-3-2-4-6-15)22-19(23)12-10-16-9-11-17(20)13-18(16)21/h2-6,9,11,13-14H,7-8,10,12H2,1H3,(H,22,23). The number of rotatable bonds is 7. The Hall–Kier alpha value is -1.51. The molecule has 122 valence electrons. The molecule has 0 radical (unpaired) electrons. The fourth-order valence-corrected chi connectivity index (χ4v) is 2.92. The van der Waals surface area contributed by atoms with Crippen molar-refractivity contribution in [1.29, 1.82) is 0 Å². The zero-order valence-electron chi connectivity index (χ0n) is 13.2. The topological polar surface area (TPSA) is 29.1 Å². The number of hydrogen-bond donors (Lipinski definition) is 1. The molecule has 0 fully saturated rings. The maximum atomic E-state index is 12.0. The molecule has 0 saturated heterocycles. The fourth-order valence-electron chi connectivity index (χ4n) is 2.42. The lowest BCUT2D eigenvalue weighted by molar-refractivity contribution is -0.121.